The van der Waals surface area contributed by atoms with Gasteiger partial charge in [0, 0.05) is 50.1 Å². The van der Waals surface area contributed by atoms with Gasteiger partial charge in [-0.25, -0.2) is 0 Å². The van der Waals surface area contributed by atoms with Gasteiger partial charge in [-0.1, -0.05) is 12.6 Å². The lowest BCUT2D eigenvalue weighted by Gasteiger charge is -2.35. The summed E-state index contributed by atoms with van der Waals surface area (Å²) >= 11 is 0. The van der Waals surface area contributed by atoms with Gasteiger partial charge in [-0.2, -0.15) is 15.1 Å². The van der Waals surface area contributed by atoms with Crippen molar-refractivity contribution in [3.05, 3.63) is 55.6 Å². The van der Waals surface area contributed by atoms with Crippen LogP contribution in [0.5, 0.6) is 5.88 Å². The van der Waals surface area contributed by atoms with Crippen molar-refractivity contribution in [1.82, 2.24) is 34.6 Å². The van der Waals surface area contributed by atoms with Gasteiger partial charge >= 0.3 is 0 Å². The molecule has 1 fully saturated rings. The minimum absolute atomic E-state index is 0.0260. The van der Waals surface area contributed by atoms with Crippen LogP contribution < -0.4 is 15.4 Å². The summed E-state index contributed by atoms with van der Waals surface area (Å²) in [6, 6.07) is 5.64. The van der Waals surface area contributed by atoms with Crippen LogP contribution in [0.2, 0.25) is 0 Å². The van der Waals surface area contributed by atoms with Crippen molar-refractivity contribution >= 4 is 28.6 Å². The number of aliphatic hydroxyl groups is 1. The first-order valence-electron chi connectivity index (χ1n) is 10.8. The zero-order valence-corrected chi connectivity index (χ0v) is 18.5. The molecular formula is C23H24N8O3. The lowest BCUT2D eigenvalue weighted by Crippen LogP contribution is -2.48. The van der Waals surface area contributed by atoms with Gasteiger partial charge < -0.3 is 25.0 Å². The molecule has 0 aromatic carbocycles. The van der Waals surface area contributed by atoms with E-state index in [1.807, 2.05) is 25.2 Å². The van der Waals surface area contributed by atoms with Gasteiger partial charge in [-0.3, -0.25) is 14.5 Å². The number of ether oxygens (including phenoxy) is 1. The second-order valence-corrected chi connectivity index (χ2v) is 8.07. The molecular weight excluding hydrogens is 436 g/mol. The fourth-order valence-corrected chi connectivity index (χ4v) is 3.93. The van der Waals surface area contributed by atoms with Gasteiger partial charge in [0.2, 0.25) is 17.7 Å². The number of rotatable bonds is 8. The number of nitrogens with one attached hydrogen (secondary N) is 2. The summed E-state index contributed by atoms with van der Waals surface area (Å²) in [6.45, 7) is 3.21. The molecule has 11 nitrogen and oxygen atoms in total. The first kappa shape index (κ1) is 21.6. The molecule has 1 aliphatic carbocycles. The summed E-state index contributed by atoms with van der Waals surface area (Å²) in [4.78, 5) is 25.3. The highest BCUT2D eigenvalue weighted by molar-refractivity contribution is 5.97. The molecule has 4 aromatic rings. The number of hydrogen-bond donors (Lipinski definition) is 3. The summed E-state index contributed by atoms with van der Waals surface area (Å²) in [7, 11) is 1.82. The minimum atomic E-state index is -0.273. The molecule has 3 N–H and O–H groups in total. The Morgan fingerprint density at radius 1 is 1.32 bits per heavy atom. The summed E-state index contributed by atoms with van der Waals surface area (Å²) in [5, 5.41) is 20.8. The fourth-order valence-electron chi connectivity index (χ4n) is 3.93. The Hall–Kier alpha value is -4.25. The smallest absolute Gasteiger partial charge is 0.243 e. The number of aromatic nitrogens is 6. The van der Waals surface area contributed by atoms with Crippen molar-refractivity contribution in [2.45, 2.75) is 31.7 Å². The van der Waals surface area contributed by atoms with Crippen LogP contribution in [-0.2, 0) is 18.6 Å². The summed E-state index contributed by atoms with van der Waals surface area (Å²) < 4.78 is 9.59. The molecule has 0 bridgehead atoms. The Labute approximate surface area is 195 Å². The maximum absolute atomic E-state index is 11.6. The molecule has 0 spiro atoms. The highest BCUT2D eigenvalue weighted by atomic mass is 16.5. The quantitative estimate of drug-likeness (QED) is 0.341. The van der Waals surface area contributed by atoms with Crippen molar-refractivity contribution in [2.75, 3.05) is 5.32 Å². The van der Waals surface area contributed by atoms with Gasteiger partial charge in [0.1, 0.15) is 12.8 Å². The number of nitrogens with zero attached hydrogens (tertiary/aromatic N) is 6. The van der Waals surface area contributed by atoms with Crippen molar-refractivity contribution in [2.24, 2.45) is 7.05 Å². The van der Waals surface area contributed by atoms with Gasteiger partial charge in [0.15, 0.2) is 5.65 Å². The van der Waals surface area contributed by atoms with E-state index in [0.717, 1.165) is 11.3 Å². The van der Waals surface area contributed by atoms with Crippen LogP contribution in [-0.4, -0.2) is 52.5 Å². The average Bonchev–Trinajstić information content (AvgIpc) is 3.41. The van der Waals surface area contributed by atoms with Crippen LogP contribution >= 0.6 is 0 Å². The topological polar surface area (TPSA) is 132 Å². The molecule has 4 heterocycles. The Morgan fingerprint density at radius 3 is 2.85 bits per heavy atom. The molecule has 11 heteroatoms. The molecule has 0 aliphatic heterocycles. The molecule has 5 rings (SSSR count). The second-order valence-electron chi connectivity index (χ2n) is 8.07. The largest absolute Gasteiger partial charge is 0.474 e. The molecule has 4 aromatic heterocycles. The summed E-state index contributed by atoms with van der Waals surface area (Å²) in [6.07, 6.45) is 9.39. The number of amides is 1. The number of aliphatic hydroxyl groups excluding tert-OH is 1. The minimum Gasteiger partial charge on any atom is -0.474 e. The molecule has 174 valence electrons. The normalized spacial score (nSPS) is 17.2. The number of hydrogen-bond acceptors (Lipinski definition) is 8. The van der Waals surface area contributed by atoms with Crippen LogP contribution in [0.25, 0.3) is 22.3 Å². The van der Waals surface area contributed by atoms with E-state index in [0.29, 0.717) is 41.4 Å². The van der Waals surface area contributed by atoms with E-state index < -0.39 is 0 Å². The van der Waals surface area contributed by atoms with Crippen LogP contribution in [0.3, 0.4) is 0 Å². The van der Waals surface area contributed by atoms with Gasteiger partial charge in [-0.05, 0) is 18.2 Å². The van der Waals surface area contributed by atoms with Crippen LogP contribution in [0, 0.1) is 0 Å². The standard InChI is InChI=1S/C23H24N8O3/c1-3-19(33)26-14-8-16(9-14)34-22-20-17(18-6-4-5-7-24-18)12-31(13-32)21(20)28-23(29-22)27-15-10-25-30(2)11-15/h3-7,10-12,14,16,32H,1,8-9,13H2,2H3,(H,26,33)(H,27,28,29). The van der Waals surface area contributed by atoms with E-state index in [4.69, 9.17) is 4.74 Å². The molecule has 34 heavy (non-hydrogen) atoms. The zero-order valence-electron chi connectivity index (χ0n) is 18.5. The predicted octanol–water partition coefficient (Wildman–Crippen LogP) is 2.13. The number of pyridine rings is 1. The Bertz CT molecular complexity index is 1340. The van der Waals surface area contributed by atoms with E-state index in [-0.39, 0.29) is 24.8 Å². The average molecular weight is 460 g/mol. The maximum Gasteiger partial charge on any atom is 0.243 e. The number of fused-ring (bicyclic) bond motifs is 1. The van der Waals surface area contributed by atoms with E-state index in [2.05, 4.69) is 37.3 Å². The third kappa shape index (κ3) is 4.20. The lowest BCUT2D eigenvalue weighted by molar-refractivity contribution is -0.118. The maximum atomic E-state index is 11.6. The monoisotopic (exact) mass is 460 g/mol. The second kappa shape index (κ2) is 8.94. The fraction of sp³-hybridized carbons (Fsp3) is 0.261. The number of carbonyl (C=O) groups is 1. The Kier molecular flexibility index (Phi) is 5.68. The molecule has 0 unspecified atom stereocenters. The summed E-state index contributed by atoms with van der Waals surface area (Å²) in [5.74, 6) is 0.489. The van der Waals surface area contributed by atoms with Crippen LogP contribution in [0.1, 0.15) is 12.8 Å². The highest BCUT2D eigenvalue weighted by Crippen LogP contribution is 2.37. The molecule has 1 amide bonds. The van der Waals surface area contributed by atoms with Crippen molar-refractivity contribution < 1.29 is 14.6 Å². The molecule has 1 aliphatic rings. The first-order valence-corrected chi connectivity index (χ1v) is 10.8. The van der Waals surface area contributed by atoms with Crippen molar-refractivity contribution in [3.63, 3.8) is 0 Å². The van der Waals surface area contributed by atoms with E-state index in [1.165, 1.54) is 6.08 Å². The van der Waals surface area contributed by atoms with Crippen molar-refractivity contribution in [3.8, 4) is 17.1 Å². The Morgan fingerprint density at radius 2 is 2.18 bits per heavy atom. The van der Waals surface area contributed by atoms with Crippen molar-refractivity contribution in [1.29, 1.82) is 0 Å². The van der Waals surface area contributed by atoms with E-state index in [9.17, 15) is 9.90 Å². The first-order chi connectivity index (χ1) is 16.5. The zero-order chi connectivity index (χ0) is 23.7. The van der Waals surface area contributed by atoms with Crippen LogP contribution in [0.4, 0.5) is 11.6 Å². The predicted molar refractivity (Wildman–Crippen MR) is 125 cm³/mol. The van der Waals surface area contributed by atoms with Gasteiger partial charge in [0.25, 0.3) is 0 Å². The molecule has 0 atom stereocenters. The highest BCUT2D eigenvalue weighted by Gasteiger charge is 2.33. The van der Waals surface area contributed by atoms with E-state index >= 15 is 0 Å². The number of anilines is 2. The summed E-state index contributed by atoms with van der Waals surface area (Å²) in [5.41, 5.74) is 2.69. The Balaban J connectivity index is 1.53. The van der Waals surface area contributed by atoms with Crippen LogP contribution in [0.15, 0.2) is 55.6 Å². The lowest BCUT2D eigenvalue weighted by atomic mass is 9.89. The molecule has 0 radical (unpaired) electrons. The number of carbonyl (C=O) groups excluding carboxylic acids is 1. The number of aryl methyl sites for hydroxylation is 1. The van der Waals surface area contributed by atoms with Gasteiger partial charge in [0.05, 0.1) is 23.0 Å². The van der Waals surface area contributed by atoms with Gasteiger partial charge in [-0.15, -0.1) is 0 Å². The van der Waals surface area contributed by atoms with E-state index in [1.54, 1.807) is 34.0 Å². The third-order valence-corrected chi connectivity index (χ3v) is 5.64. The molecule has 0 saturated heterocycles. The third-order valence-electron chi connectivity index (χ3n) is 5.64. The molecule has 1 saturated carbocycles. The SMILES string of the molecule is C=CC(=O)NC1CC(Oc2nc(Nc3cnn(C)c3)nc3c2c(-c2ccccn2)cn3CO)C1.